The van der Waals surface area contributed by atoms with E-state index in [1.54, 1.807) is 60.7 Å². The number of hydrogen-bond acceptors (Lipinski definition) is 10. The Labute approximate surface area is 394 Å². The molecule has 1 aromatic heterocycles. The first-order valence-corrected chi connectivity index (χ1v) is 26.8. The van der Waals surface area contributed by atoms with Crippen molar-refractivity contribution in [1.29, 1.82) is 0 Å². The van der Waals surface area contributed by atoms with Crippen molar-refractivity contribution in [3.63, 3.8) is 0 Å². The number of nitrogens with zero attached hydrogens (tertiary/aromatic N) is 3. The van der Waals surface area contributed by atoms with Gasteiger partial charge in [0.05, 0.1) is 37.1 Å². The number of fused-ring (bicyclic) bond motifs is 7. The summed E-state index contributed by atoms with van der Waals surface area (Å²) in [5.74, 6) is 3.47. The fraction of sp³-hybridized carbons (Fsp3) is 0.500. The van der Waals surface area contributed by atoms with Crippen molar-refractivity contribution in [1.82, 2.24) is 9.62 Å². The number of benzene rings is 3. The summed E-state index contributed by atoms with van der Waals surface area (Å²) in [7, 11) is -8.85. The summed E-state index contributed by atoms with van der Waals surface area (Å²) in [6.07, 6.45) is 17.5. The molecule has 13 nitrogen and oxygen atoms in total. The van der Waals surface area contributed by atoms with Gasteiger partial charge < -0.3 is 19.8 Å². The van der Waals surface area contributed by atoms with E-state index in [9.17, 15) is 36.1 Å². The predicted molar refractivity (Wildman–Crippen MR) is 256 cm³/mol. The van der Waals surface area contributed by atoms with Crippen molar-refractivity contribution in [2.45, 2.75) is 114 Å². The van der Waals surface area contributed by atoms with Crippen molar-refractivity contribution in [3.8, 4) is 12.3 Å². The van der Waals surface area contributed by atoms with Crippen molar-refractivity contribution in [3.05, 3.63) is 95.6 Å². The number of aliphatic hydroxyl groups is 1. The van der Waals surface area contributed by atoms with E-state index >= 15 is 0 Å². The standard InChI is InChI=1S/C52H62N4O9S2/c1-4-52(59)29-27-45-42-24-20-37-35-38(21-25-40(37)41(42)26-28-51(45,52)3)54-65-33-10-9-30-53-48(57)17-11-32-56(67(63,64)39-22-18-36(2)19-23-39)50(58)49-43-13-5-7-15-46(43)55(31-12-34-66(60,61)62)47-16-8-6-14-44(47)49/h1,5-8,13-16,18-19,22-23,35,40-42,45,59H,9-12,17,20-21,24-34H2,2-3H3,(H-,53,57,60,61,62)/b54-38-/t40-,41+,42+,45-,51-,52-/m0/s1. The van der Waals surface area contributed by atoms with E-state index in [2.05, 4.69) is 29.4 Å². The number of nitrogens with one attached hydrogen (secondary N) is 1. The van der Waals surface area contributed by atoms with Gasteiger partial charge in [0.1, 0.15) is 12.2 Å². The van der Waals surface area contributed by atoms with Crippen molar-refractivity contribution in [2.75, 3.05) is 25.4 Å². The Kier molecular flexibility index (Phi) is 14.3. The topological polar surface area (TPSA) is 186 Å². The highest BCUT2D eigenvalue weighted by molar-refractivity contribution is 7.89. The summed E-state index contributed by atoms with van der Waals surface area (Å²) in [5, 5.41) is 19.6. The summed E-state index contributed by atoms with van der Waals surface area (Å²) in [4.78, 5) is 33.6. The first-order valence-electron chi connectivity index (χ1n) is 23.8. The first kappa shape index (κ1) is 48.3. The van der Waals surface area contributed by atoms with Crippen molar-refractivity contribution >= 4 is 59.5 Å². The van der Waals surface area contributed by atoms with E-state index in [-0.39, 0.29) is 54.1 Å². The monoisotopic (exact) mass is 950 g/mol. The molecule has 2 amide bonds. The molecular formula is C52H62N4O9S2. The van der Waals surface area contributed by atoms with Gasteiger partial charge in [-0.2, -0.15) is 4.57 Å². The Morgan fingerprint density at radius 2 is 1.61 bits per heavy atom. The molecule has 3 saturated carbocycles. The van der Waals surface area contributed by atoms with E-state index in [0.29, 0.717) is 77.9 Å². The van der Waals surface area contributed by atoms with Crippen LogP contribution >= 0.6 is 0 Å². The number of allylic oxidation sites excluding steroid dienone is 2. The molecular weight excluding hydrogens is 889 g/mol. The molecule has 3 aromatic carbocycles. The van der Waals surface area contributed by atoms with Crippen LogP contribution in [0.25, 0.3) is 21.8 Å². The third kappa shape index (κ3) is 9.91. The largest absolute Gasteiger partial charge is 0.748 e. The maximum Gasteiger partial charge on any atom is 0.269 e. The van der Waals surface area contributed by atoms with Gasteiger partial charge in [-0.1, -0.05) is 65.5 Å². The minimum absolute atomic E-state index is 0.0133. The molecule has 0 radical (unpaired) electrons. The van der Waals surface area contributed by atoms with Gasteiger partial charge in [0.2, 0.25) is 16.9 Å². The van der Waals surface area contributed by atoms with Gasteiger partial charge in [0.15, 0.2) is 6.54 Å². The highest BCUT2D eigenvalue weighted by atomic mass is 32.2. The van der Waals surface area contributed by atoms with Gasteiger partial charge in [-0.3, -0.25) is 9.59 Å². The normalized spacial score (nSPS) is 25.4. The Morgan fingerprint density at radius 1 is 0.910 bits per heavy atom. The van der Waals surface area contributed by atoms with Gasteiger partial charge in [0.25, 0.3) is 15.9 Å². The van der Waals surface area contributed by atoms with Crippen molar-refractivity contribution in [2.24, 2.45) is 34.2 Å². The zero-order valence-corrected chi connectivity index (χ0v) is 40.1. The molecule has 8 rings (SSSR count). The van der Waals surface area contributed by atoms with Crippen LogP contribution in [0.15, 0.2) is 94.5 Å². The molecule has 67 heavy (non-hydrogen) atoms. The number of carbonyl (C=O) groups is 2. The number of aromatic nitrogens is 1. The third-order valence-electron chi connectivity index (χ3n) is 15.4. The molecule has 0 saturated heterocycles. The lowest BCUT2D eigenvalue weighted by Gasteiger charge is -2.54. The lowest BCUT2D eigenvalue weighted by atomic mass is 9.50. The number of para-hydroxylation sites is 2. The summed E-state index contributed by atoms with van der Waals surface area (Å²) >= 11 is 0. The van der Waals surface area contributed by atoms with E-state index in [0.717, 1.165) is 60.5 Å². The van der Waals surface area contributed by atoms with E-state index < -0.39 is 37.4 Å². The summed E-state index contributed by atoms with van der Waals surface area (Å²) in [5.41, 5.74) is 3.41. The maximum absolute atomic E-state index is 14.9. The molecule has 2 N–H and O–H groups in total. The maximum atomic E-state index is 14.9. The number of sulfonamides is 1. The van der Waals surface area contributed by atoms with Crippen LogP contribution in [-0.2, 0) is 36.3 Å². The smallest absolute Gasteiger partial charge is 0.269 e. The van der Waals surface area contributed by atoms with Crippen LogP contribution in [0.2, 0.25) is 0 Å². The second kappa shape index (κ2) is 19.8. The Bertz CT molecular complexity index is 2800. The van der Waals surface area contributed by atoms with Crippen LogP contribution < -0.4 is 9.88 Å². The number of hydrogen-bond donors (Lipinski definition) is 2. The van der Waals surface area contributed by atoms with Crippen LogP contribution in [0.1, 0.15) is 106 Å². The molecule has 356 valence electrons. The fourth-order valence-electron chi connectivity index (χ4n) is 11.9. The van der Waals surface area contributed by atoms with Gasteiger partial charge >= 0.3 is 0 Å². The quantitative estimate of drug-likeness (QED) is 0.0273. The van der Waals surface area contributed by atoms with Gasteiger partial charge in [-0.25, -0.2) is 21.1 Å². The predicted octanol–water partition coefficient (Wildman–Crippen LogP) is 7.34. The van der Waals surface area contributed by atoms with Crippen LogP contribution in [0, 0.1) is 48.4 Å². The zero-order valence-electron chi connectivity index (χ0n) is 38.5. The molecule has 1 heterocycles. The summed E-state index contributed by atoms with van der Waals surface area (Å²) < 4.78 is 65.8. The van der Waals surface area contributed by atoms with Gasteiger partial charge in [-0.15, -0.1) is 6.42 Å². The Hall–Kier alpha value is -5.14. The first-order chi connectivity index (χ1) is 32.0. The molecule has 0 spiro atoms. The van der Waals surface area contributed by atoms with Gasteiger partial charge in [0, 0.05) is 49.2 Å². The molecule has 0 unspecified atom stereocenters. The van der Waals surface area contributed by atoms with Crippen LogP contribution in [-0.4, -0.2) is 79.4 Å². The molecule has 3 fully saturated rings. The minimum Gasteiger partial charge on any atom is -0.748 e. The number of oxime groups is 1. The van der Waals surface area contributed by atoms with E-state index in [1.807, 2.05) is 11.5 Å². The molecule has 4 aliphatic rings. The number of carbonyl (C=O) groups excluding carboxylic acids is 2. The van der Waals surface area contributed by atoms with Crippen LogP contribution in [0.3, 0.4) is 0 Å². The average Bonchev–Trinajstić information content (AvgIpc) is 3.59. The molecule has 4 aliphatic carbocycles. The van der Waals surface area contributed by atoms with Crippen LogP contribution in [0.4, 0.5) is 0 Å². The number of unbranched alkanes of at least 4 members (excludes halogenated alkanes) is 1. The number of aryl methyl sites for hydroxylation is 2. The second-order valence-corrected chi connectivity index (χ2v) is 22.7. The lowest BCUT2D eigenvalue weighted by molar-refractivity contribution is -0.645. The molecule has 0 bridgehead atoms. The minimum atomic E-state index is -4.46. The fourth-order valence-corrected chi connectivity index (χ4v) is 13.8. The number of rotatable bonds is 17. The second-order valence-electron chi connectivity index (χ2n) is 19.3. The number of pyridine rings is 1. The molecule has 4 aromatic rings. The number of terminal acetylenes is 1. The lowest BCUT2D eigenvalue weighted by Crippen LogP contribution is -2.52. The average molecular weight is 951 g/mol. The Morgan fingerprint density at radius 3 is 2.30 bits per heavy atom. The van der Waals surface area contributed by atoms with E-state index in [4.69, 9.17) is 11.3 Å². The van der Waals surface area contributed by atoms with Crippen LogP contribution in [0.5, 0.6) is 0 Å². The van der Waals surface area contributed by atoms with Gasteiger partial charge in [-0.05, 0) is 132 Å². The van der Waals surface area contributed by atoms with Crippen molar-refractivity contribution < 1.29 is 45.5 Å². The molecule has 0 aliphatic heterocycles. The molecule has 15 heteroatoms. The Balaban J connectivity index is 0.861. The van der Waals surface area contributed by atoms with E-state index in [1.165, 1.54) is 17.7 Å². The summed E-state index contributed by atoms with van der Waals surface area (Å²) in [6, 6.07) is 20.2. The summed E-state index contributed by atoms with van der Waals surface area (Å²) in [6.45, 7) is 4.78. The molecule has 6 atom stereocenters. The SMILES string of the molecule is C#C[C@]1(O)CC[C@H]2[C@@H]3CCC4=C/C(=N\OCCCCNC(=O)CCCN(C(=O)c5c6ccccc6[n+](CCCS(=O)(=O)[O-])c6ccccc56)S(=O)(=O)c5ccc(C)cc5)CC[C@@H]4[C@H]3CC[C@@]21C. The highest BCUT2D eigenvalue weighted by Gasteiger charge is 2.62. The highest BCUT2D eigenvalue weighted by Crippen LogP contribution is 2.64. The zero-order chi connectivity index (χ0) is 47.6. The number of amides is 2. The third-order valence-corrected chi connectivity index (χ3v) is 18.0.